The van der Waals surface area contributed by atoms with Crippen molar-refractivity contribution < 1.29 is 13.5 Å². The summed E-state index contributed by atoms with van der Waals surface area (Å²) in [5, 5.41) is 3.44. The molecular formula is C29H26F2N4O. The predicted octanol–water partition coefficient (Wildman–Crippen LogP) is 6.53. The molecule has 0 spiro atoms. The highest BCUT2D eigenvalue weighted by molar-refractivity contribution is 6.05. The Morgan fingerprint density at radius 2 is 1.47 bits per heavy atom. The van der Waals surface area contributed by atoms with Crippen LogP contribution in [0.4, 0.5) is 8.78 Å². The number of methoxy groups -OCH3 is 1. The maximum atomic E-state index is 13.9. The zero-order chi connectivity index (χ0) is 25.1. The normalized spacial score (nSPS) is 12.2. The third-order valence-corrected chi connectivity index (χ3v) is 6.23. The molecule has 3 heterocycles. The minimum absolute atomic E-state index is 0.0223. The first kappa shape index (κ1) is 23.8. The smallest absolute Gasteiger partial charge is 0.123 e. The van der Waals surface area contributed by atoms with Gasteiger partial charge in [-0.15, -0.1) is 0 Å². The highest BCUT2D eigenvalue weighted by atomic mass is 19.1. The molecule has 5 rings (SSSR count). The van der Waals surface area contributed by atoms with Gasteiger partial charge in [-0.3, -0.25) is 4.98 Å². The van der Waals surface area contributed by atoms with Gasteiger partial charge in [0.15, 0.2) is 0 Å². The molecule has 0 saturated heterocycles. The summed E-state index contributed by atoms with van der Waals surface area (Å²) in [6, 6.07) is 18.6. The number of fused-ring (bicyclic) bond motifs is 1. The van der Waals surface area contributed by atoms with Crippen LogP contribution in [0.2, 0.25) is 0 Å². The van der Waals surface area contributed by atoms with Gasteiger partial charge < -0.3 is 15.0 Å². The van der Waals surface area contributed by atoms with Crippen molar-refractivity contribution in [3.05, 3.63) is 96.5 Å². The number of benzene rings is 2. The lowest BCUT2D eigenvalue weighted by Gasteiger charge is -2.17. The highest BCUT2D eigenvalue weighted by Gasteiger charge is 2.22. The van der Waals surface area contributed by atoms with E-state index in [0.717, 1.165) is 44.5 Å². The molecule has 0 bridgehead atoms. The van der Waals surface area contributed by atoms with Crippen LogP contribution in [0.3, 0.4) is 0 Å². The Balaban J connectivity index is 1.81. The van der Waals surface area contributed by atoms with Gasteiger partial charge in [-0.2, -0.15) is 0 Å². The zero-order valence-corrected chi connectivity index (χ0v) is 20.1. The molecule has 36 heavy (non-hydrogen) atoms. The molecule has 1 atom stereocenters. The van der Waals surface area contributed by atoms with Crippen LogP contribution < -0.4 is 5.32 Å². The van der Waals surface area contributed by atoms with Crippen LogP contribution in [0, 0.1) is 11.6 Å². The van der Waals surface area contributed by atoms with Gasteiger partial charge in [0.05, 0.1) is 23.3 Å². The van der Waals surface area contributed by atoms with E-state index in [0.29, 0.717) is 18.8 Å². The first-order chi connectivity index (χ1) is 17.5. The van der Waals surface area contributed by atoms with E-state index in [1.54, 1.807) is 43.8 Å². The molecule has 5 aromatic rings. The quantitative estimate of drug-likeness (QED) is 0.246. The summed E-state index contributed by atoms with van der Waals surface area (Å²) in [6.45, 7) is 3.38. The number of halogens is 2. The van der Waals surface area contributed by atoms with Crippen molar-refractivity contribution in [3.8, 4) is 33.5 Å². The van der Waals surface area contributed by atoms with Crippen LogP contribution in [-0.4, -0.2) is 35.2 Å². The van der Waals surface area contributed by atoms with Crippen LogP contribution in [0.5, 0.6) is 0 Å². The minimum Gasteiger partial charge on any atom is -0.383 e. The topological polar surface area (TPSA) is 62.8 Å². The molecule has 3 aromatic heterocycles. The summed E-state index contributed by atoms with van der Waals surface area (Å²) in [7, 11) is 1.67. The fraction of sp³-hybridized carbons (Fsp3) is 0.172. The van der Waals surface area contributed by atoms with E-state index in [2.05, 4.69) is 22.2 Å². The van der Waals surface area contributed by atoms with Crippen molar-refractivity contribution in [3.63, 3.8) is 0 Å². The van der Waals surface area contributed by atoms with Gasteiger partial charge in [-0.05, 0) is 72.6 Å². The predicted molar refractivity (Wildman–Crippen MR) is 138 cm³/mol. The fourth-order valence-electron chi connectivity index (χ4n) is 4.40. The molecule has 2 N–H and O–H groups in total. The monoisotopic (exact) mass is 484 g/mol. The van der Waals surface area contributed by atoms with Gasteiger partial charge in [0.25, 0.3) is 0 Å². The average molecular weight is 485 g/mol. The van der Waals surface area contributed by atoms with Crippen molar-refractivity contribution in [2.24, 2.45) is 0 Å². The largest absolute Gasteiger partial charge is 0.383 e. The second kappa shape index (κ2) is 10.4. The van der Waals surface area contributed by atoms with E-state index in [4.69, 9.17) is 9.72 Å². The number of rotatable bonds is 8. The maximum Gasteiger partial charge on any atom is 0.123 e. The molecule has 0 aliphatic rings. The Hall–Kier alpha value is -3.94. The number of H-pyrrole nitrogens is 1. The molecule has 0 saturated carbocycles. The lowest BCUT2D eigenvalue weighted by molar-refractivity contribution is 0.196. The highest BCUT2D eigenvalue weighted by Crippen LogP contribution is 2.43. The fourth-order valence-corrected chi connectivity index (χ4v) is 4.40. The van der Waals surface area contributed by atoms with Crippen molar-refractivity contribution in [1.82, 2.24) is 20.3 Å². The van der Waals surface area contributed by atoms with Gasteiger partial charge in [0.1, 0.15) is 11.6 Å². The van der Waals surface area contributed by atoms with Crippen LogP contribution >= 0.6 is 0 Å². The van der Waals surface area contributed by atoms with Crippen molar-refractivity contribution in [2.45, 2.75) is 13.0 Å². The van der Waals surface area contributed by atoms with E-state index in [1.165, 1.54) is 24.3 Å². The third kappa shape index (κ3) is 4.76. The van der Waals surface area contributed by atoms with Crippen molar-refractivity contribution in [2.75, 3.05) is 20.3 Å². The summed E-state index contributed by atoms with van der Waals surface area (Å²) in [5.41, 5.74) is 7.55. The van der Waals surface area contributed by atoms with E-state index in [1.807, 2.05) is 18.2 Å². The molecular weight excluding hydrogens is 458 g/mol. The van der Waals surface area contributed by atoms with Crippen LogP contribution in [0.25, 0.3) is 44.5 Å². The summed E-state index contributed by atoms with van der Waals surface area (Å²) < 4.78 is 32.9. The van der Waals surface area contributed by atoms with E-state index >= 15 is 0 Å². The number of nitrogens with zero attached hydrogens (tertiary/aromatic N) is 2. The van der Waals surface area contributed by atoms with Gasteiger partial charge >= 0.3 is 0 Å². The Kier molecular flexibility index (Phi) is 6.84. The molecule has 5 nitrogen and oxygen atoms in total. The lowest BCUT2D eigenvalue weighted by Crippen LogP contribution is -2.23. The average Bonchev–Trinajstić information content (AvgIpc) is 3.33. The van der Waals surface area contributed by atoms with Gasteiger partial charge in [0, 0.05) is 54.5 Å². The van der Waals surface area contributed by atoms with Crippen LogP contribution in [0.1, 0.15) is 18.7 Å². The number of ether oxygens (including phenoxy) is 1. The molecule has 0 amide bonds. The molecule has 182 valence electrons. The molecule has 7 heteroatoms. The number of aromatic nitrogens is 3. The molecule has 1 unspecified atom stereocenters. The second-order valence-electron chi connectivity index (χ2n) is 8.61. The number of aromatic amines is 1. The molecule has 0 fully saturated rings. The van der Waals surface area contributed by atoms with Gasteiger partial charge in [-0.1, -0.05) is 12.1 Å². The van der Waals surface area contributed by atoms with Crippen LogP contribution in [0.15, 0.2) is 79.1 Å². The summed E-state index contributed by atoms with van der Waals surface area (Å²) in [5.74, 6) is -0.625. The summed E-state index contributed by atoms with van der Waals surface area (Å²) in [6.07, 6.45) is 3.45. The number of hydrogen-bond acceptors (Lipinski definition) is 4. The van der Waals surface area contributed by atoms with E-state index in [9.17, 15) is 8.78 Å². The number of hydrogen-bond donors (Lipinski definition) is 2. The van der Waals surface area contributed by atoms with Crippen LogP contribution in [-0.2, 0) is 4.74 Å². The third-order valence-electron chi connectivity index (χ3n) is 6.23. The summed E-state index contributed by atoms with van der Waals surface area (Å²) in [4.78, 5) is 12.8. The summed E-state index contributed by atoms with van der Waals surface area (Å²) >= 11 is 0. The molecule has 0 radical (unpaired) electrons. The first-order valence-electron chi connectivity index (χ1n) is 11.8. The molecule has 0 aliphatic carbocycles. The Morgan fingerprint density at radius 3 is 2.11 bits per heavy atom. The van der Waals surface area contributed by atoms with E-state index in [-0.39, 0.29) is 17.7 Å². The maximum absolute atomic E-state index is 13.9. The van der Waals surface area contributed by atoms with E-state index < -0.39 is 0 Å². The Bertz CT molecular complexity index is 1470. The van der Waals surface area contributed by atoms with Gasteiger partial charge in [-0.25, -0.2) is 13.8 Å². The number of pyridine rings is 2. The Morgan fingerprint density at radius 1 is 0.861 bits per heavy atom. The molecule has 2 aromatic carbocycles. The first-order valence-corrected chi connectivity index (χ1v) is 11.8. The second-order valence-corrected chi connectivity index (χ2v) is 8.61. The lowest BCUT2D eigenvalue weighted by atomic mass is 9.90. The molecule has 0 aliphatic heterocycles. The van der Waals surface area contributed by atoms with Gasteiger partial charge in [0.2, 0.25) is 0 Å². The Labute approximate surface area is 208 Å². The van der Waals surface area contributed by atoms with Crippen molar-refractivity contribution in [1.29, 1.82) is 0 Å². The minimum atomic E-state index is -0.316. The SMILES string of the molecule is COCCNC(C)c1cc2nc(-c3ccc(F)cc3)c(-c3ccncc3)c(-c3ccc(F)cc3)c2[nH]1. The zero-order valence-electron chi connectivity index (χ0n) is 20.1. The number of nitrogens with one attached hydrogen (secondary N) is 2. The van der Waals surface area contributed by atoms with Crippen molar-refractivity contribution >= 4 is 11.0 Å². The standard InChI is InChI=1S/C29H26F2N4O/c1-18(33-15-16-36-2)24-17-25-29(34-24)27(19-3-7-22(30)8-4-19)26(20-11-13-32-14-12-20)28(35-25)21-5-9-23(31)10-6-21/h3-14,17-18,33-34H,15-16H2,1-2H3.